The molecule has 0 atom stereocenters. The van der Waals surface area contributed by atoms with Crippen LogP contribution in [0.2, 0.25) is 0 Å². The predicted molar refractivity (Wildman–Crippen MR) is 112 cm³/mol. The minimum atomic E-state index is -4.41. The highest BCUT2D eigenvalue weighted by atomic mass is 19.4. The molecule has 5 rings (SSSR count). The first-order valence-electron chi connectivity index (χ1n) is 9.45. The average molecular weight is 403 g/mol. The number of nitrogens with zero attached hydrogens (tertiary/aromatic N) is 1. The summed E-state index contributed by atoms with van der Waals surface area (Å²) in [6, 6.07) is 28.1. The van der Waals surface area contributed by atoms with Gasteiger partial charge in [-0.3, -0.25) is 0 Å². The molecule has 0 saturated heterocycles. The summed E-state index contributed by atoms with van der Waals surface area (Å²) >= 11 is 0. The standard InChI is InChI=1S/C25H16F3NO/c26-25(27,28)20-8-2-1-7-19(20)17-13-15-18(16-14-17)29-21-9-3-5-11-23(21)30-24-12-6-4-10-22(24)29/h1-16H. The summed E-state index contributed by atoms with van der Waals surface area (Å²) in [5, 5.41) is 0. The average Bonchev–Trinajstić information content (AvgIpc) is 2.77. The first-order valence-corrected chi connectivity index (χ1v) is 9.45. The molecule has 0 amide bonds. The molecule has 0 bridgehead atoms. The molecule has 0 aliphatic carbocycles. The Morgan fingerprint density at radius 3 is 1.73 bits per heavy atom. The van der Waals surface area contributed by atoms with Crippen molar-refractivity contribution >= 4 is 17.1 Å². The number of benzene rings is 4. The van der Waals surface area contributed by atoms with Gasteiger partial charge in [-0.05, 0) is 53.6 Å². The first kappa shape index (κ1) is 18.3. The number of ether oxygens (including phenoxy) is 1. The summed E-state index contributed by atoms with van der Waals surface area (Å²) in [6.45, 7) is 0. The van der Waals surface area contributed by atoms with Crippen LogP contribution in [0.5, 0.6) is 11.5 Å². The van der Waals surface area contributed by atoms with Gasteiger partial charge in [-0.1, -0.05) is 54.6 Å². The normalized spacial score (nSPS) is 12.7. The van der Waals surface area contributed by atoms with Crippen LogP contribution in [0.3, 0.4) is 0 Å². The maximum atomic E-state index is 13.4. The first-order chi connectivity index (χ1) is 14.5. The van der Waals surface area contributed by atoms with Gasteiger partial charge in [0.2, 0.25) is 0 Å². The zero-order valence-corrected chi connectivity index (χ0v) is 15.7. The summed E-state index contributed by atoms with van der Waals surface area (Å²) < 4.78 is 46.2. The van der Waals surface area contributed by atoms with E-state index in [9.17, 15) is 13.2 Å². The summed E-state index contributed by atoms with van der Waals surface area (Å²) in [7, 11) is 0. The Bertz CT molecular complexity index is 1170. The van der Waals surface area contributed by atoms with E-state index in [1.807, 2.05) is 65.6 Å². The van der Waals surface area contributed by atoms with Crippen molar-refractivity contribution in [1.82, 2.24) is 0 Å². The van der Waals surface area contributed by atoms with Crippen molar-refractivity contribution in [2.45, 2.75) is 6.18 Å². The van der Waals surface area contributed by atoms with Crippen LogP contribution in [-0.4, -0.2) is 0 Å². The van der Waals surface area contributed by atoms with E-state index < -0.39 is 11.7 Å². The second kappa shape index (κ2) is 6.95. The van der Waals surface area contributed by atoms with E-state index in [1.54, 1.807) is 18.2 Å². The van der Waals surface area contributed by atoms with E-state index in [4.69, 9.17) is 4.74 Å². The number of hydrogen-bond donors (Lipinski definition) is 0. The second-order valence-electron chi connectivity index (χ2n) is 6.96. The number of anilines is 3. The van der Waals surface area contributed by atoms with E-state index >= 15 is 0 Å². The van der Waals surface area contributed by atoms with Crippen molar-refractivity contribution in [1.29, 1.82) is 0 Å². The number of alkyl halides is 3. The predicted octanol–water partition coefficient (Wildman–Crippen LogP) is 7.95. The minimum Gasteiger partial charge on any atom is -0.453 e. The number of halogens is 3. The highest BCUT2D eigenvalue weighted by molar-refractivity contribution is 5.86. The van der Waals surface area contributed by atoms with Crippen molar-refractivity contribution in [2.75, 3.05) is 4.90 Å². The Labute approximate surface area is 171 Å². The third kappa shape index (κ3) is 3.08. The third-order valence-electron chi connectivity index (χ3n) is 5.10. The lowest BCUT2D eigenvalue weighted by Crippen LogP contribution is -2.15. The monoisotopic (exact) mass is 403 g/mol. The van der Waals surface area contributed by atoms with E-state index in [-0.39, 0.29) is 5.56 Å². The molecule has 1 aliphatic heterocycles. The molecule has 0 spiro atoms. The Morgan fingerprint density at radius 2 is 1.13 bits per heavy atom. The van der Waals surface area contributed by atoms with Gasteiger partial charge in [0.1, 0.15) is 0 Å². The van der Waals surface area contributed by atoms with E-state index in [0.717, 1.165) is 34.6 Å². The molecule has 1 heterocycles. The molecule has 30 heavy (non-hydrogen) atoms. The van der Waals surface area contributed by atoms with Crippen molar-refractivity contribution in [3.63, 3.8) is 0 Å². The Balaban J connectivity index is 1.60. The molecule has 5 heteroatoms. The van der Waals surface area contributed by atoms with E-state index in [2.05, 4.69) is 0 Å². The molecule has 4 aromatic carbocycles. The second-order valence-corrected chi connectivity index (χ2v) is 6.96. The molecule has 0 aromatic heterocycles. The third-order valence-corrected chi connectivity index (χ3v) is 5.10. The van der Waals surface area contributed by atoms with Crippen LogP contribution in [0, 0.1) is 0 Å². The molecule has 0 N–H and O–H groups in total. The van der Waals surface area contributed by atoms with E-state index in [0.29, 0.717) is 5.56 Å². The number of fused-ring (bicyclic) bond motifs is 2. The zero-order valence-electron chi connectivity index (χ0n) is 15.7. The fraction of sp³-hybridized carbons (Fsp3) is 0.0400. The van der Waals surface area contributed by atoms with Crippen molar-refractivity contribution in [2.24, 2.45) is 0 Å². The van der Waals surface area contributed by atoms with Gasteiger partial charge in [0.25, 0.3) is 0 Å². The maximum absolute atomic E-state index is 13.4. The Morgan fingerprint density at radius 1 is 0.600 bits per heavy atom. The Kier molecular flexibility index (Phi) is 4.24. The van der Waals surface area contributed by atoms with Crippen molar-refractivity contribution in [3.8, 4) is 22.6 Å². The topological polar surface area (TPSA) is 12.5 Å². The van der Waals surface area contributed by atoms with Crippen LogP contribution in [0.1, 0.15) is 5.56 Å². The fourth-order valence-corrected chi connectivity index (χ4v) is 3.75. The molecule has 0 fully saturated rings. The van der Waals surface area contributed by atoms with Crippen LogP contribution in [0.25, 0.3) is 11.1 Å². The van der Waals surface area contributed by atoms with Gasteiger partial charge in [-0.25, -0.2) is 0 Å². The molecular weight excluding hydrogens is 387 g/mol. The van der Waals surface area contributed by atoms with Crippen LogP contribution < -0.4 is 9.64 Å². The van der Waals surface area contributed by atoms with Gasteiger partial charge >= 0.3 is 6.18 Å². The zero-order chi connectivity index (χ0) is 20.7. The minimum absolute atomic E-state index is 0.166. The van der Waals surface area contributed by atoms with Gasteiger partial charge in [0, 0.05) is 5.69 Å². The molecule has 0 radical (unpaired) electrons. The molecule has 2 nitrogen and oxygen atoms in total. The smallest absolute Gasteiger partial charge is 0.417 e. The Hall–Kier alpha value is -3.73. The number of rotatable bonds is 2. The van der Waals surface area contributed by atoms with Crippen LogP contribution in [0.15, 0.2) is 97.1 Å². The highest BCUT2D eigenvalue weighted by Gasteiger charge is 2.33. The van der Waals surface area contributed by atoms with Crippen LogP contribution in [-0.2, 0) is 6.18 Å². The quantitative estimate of drug-likeness (QED) is 0.297. The lowest BCUT2D eigenvalue weighted by Gasteiger charge is -2.32. The molecule has 0 unspecified atom stereocenters. The summed E-state index contributed by atoms with van der Waals surface area (Å²) in [6.07, 6.45) is -4.41. The summed E-state index contributed by atoms with van der Waals surface area (Å²) in [4.78, 5) is 2.05. The maximum Gasteiger partial charge on any atom is 0.417 e. The van der Waals surface area contributed by atoms with Gasteiger partial charge in [0.05, 0.1) is 16.9 Å². The molecule has 4 aromatic rings. The lowest BCUT2D eigenvalue weighted by atomic mass is 9.99. The van der Waals surface area contributed by atoms with Gasteiger partial charge in [-0.15, -0.1) is 0 Å². The van der Waals surface area contributed by atoms with Crippen molar-refractivity contribution in [3.05, 3.63) is 103 Å². The number of hydrogen-bond acceptors (Lipinski definition) is 2. The lowest BCUT2D eigenvalue weighted by molar-refractivity contribution is -0.137. The molecular formula is C25H16F3NO. The van der Waals surface area contributed by atoms with Gasteiger partial charge in [0.15, 0.2) is 11.5 Å². The number of para-hydroxylation sites is 4. The SMILES string of the molecule is FC(F)(F)c1ccccc1-c1ccc(N2c3ccccc3Oc3ccccc32)cc1. The van der Waals surface area contributed by atoms with Crippen LogP contribution >= 0.6 is 0 Å². The molecule has 148 valence electrons. The molecule has 0 saturated carbocycles. The van der Waals surface area contributed by atoms with Gasteiger partial charge in [-0.2, -0.15) is 13.2 Å². The van der Waals surface area contributed by atoms with Crippen LogP contribution in [0.4, 0.5) is 30.2 Å². The van der Waals surface area contributed by atoms with Gasteiger partial charge < -0.3 is 9.64 Å². The largest absolute Gasteiger partial charge is 0.453 e. The highest BCUT2D eigenvalue weighted by Crippen LogP contribution is 2.50. The van der Waals surface area contributed by atoms with E-state index in [1.165, 1.54) is 12.1 Å². The molecule has 1 aliphatic rings. The summed E-state index contributed by atoms with van der Waals surface area (Å²) in [5.74, 6) is 1.45. The summed E-state index contributed by atoms with van der Waals surface area (Å²) in [5.41, 5.74) is 2.63. The van der Waals surface area contributed by atoms with Crippen molar-refractivity contribution < 1.29 is 17.9 Å². The fourth-order valence-electron chi connectivity index (χ4n) is 3.75.